The molecule has 1 fully saturated rings. The molecule has 1 atom stereocenters. The molecule has 1 aliphatic rings. The minimum atomic E-state index is 0.428. The van der Waals surface area contributed by atoms with E-state index in [-0.39, 0.29) is 0 Å². The van der Waals surface area contributed by atoms with Crippen molar-refractivity contribution in [2.75, 3.05) is 18.0 Å². The standard InChI is InChI=1S/C17H17ClN4OS/c18-14-3-1-6-19-16(14)22-7-5-12(11-22)20-9-13-10-21-17(24-13)15-4-2-8-23-15/h1-4,6,8,10,12,20H,5,7,9,11H2. The highest BCUT2D eigenvalue weighted by Crippen LogP contribution is 2.27. The maximum absolute atomic E-state index is 6.24. The topological polar surface area (TPSA) is 54.2 Å². The fourth-order valence-corrected chi connectivity index (χ4v) is 3.95. The number of pyridine rings is 1. The third-order valence-electron chi connectivity index (χ3n) is 4.08. The molecule has 5 nitrogen and oxygen atoms in total. The average molecular weight is 361 g/mol. The second-order valence-corrected chi connectivity index (χ2v) is 7.25. The Labute approximate surface area is 149 Å². The summed E-state index contributed by atoms with van der Waals surface area (Å²) in [7, 11) is 0. The smallest absolute Gasteiger partial charge is 0.162 e. The van der Waals surface area contributed by atoms with E-state index in [9.17, 15) is 0 Å². The first kappa shape index (κ1) is 15.6. The van der Waals surface area contributed by atoms with E-state index in [2.05, 4.69) is 20.2 Å². The SMILES string of the molecule is Clc1cccnc1N1CCC(NCc2cnc(-c3ccco3)s2)C1. The summed E-state index contributed by atoms with van der Waals surface area (Å²) in [4.78, 5) is 12.3. The summed E-state index contributed by atoms with van der Waals surface area (Å²) < 4.78 is 5.39. The van der Waals surface area contributed by atoms with Crippen LogP contribution in [0.3, 0.4) is 0 Å². The molecule has 1 unspecified atom stereocenters. The van der Waals surface area contributed by atoms with E-state index in [1.165, 1.54) is 4.88 Å². The molecule has 1 N–H and O–H groups in total. The van der Waals surface area contributed by atoms with Crippen LogP contribution in [0.4, 0.5) is 5.82 Å². The molecule has 1 aliphatic heterocycles. The van der Waals surface area contributed by atoms with Crippen molar-refractivity contribution < 1.29 is 4.42 Å². The van der Waals surface area contributed by atoms with Gasteiger partial charge in [-0.1, -0.05) is 11.6 Å². The first-order chi connectivity index (χ1) is 11.8. The average Bonchev–Trinajstić information content (AvgIpc) is 3.34. The summed E-state index contributed by atoms with van der Waals surface area (Å²) in [5.74, 6) is 1.70. The Morgan fingerprint density at radius 3 is 3.12 bits per heavy atom. The lowest BCUT2D eigenvalue weighted by Crippen LogP contribution is -2.32. The van der Waals surface area contributed by atoms with Gasteiger partial charge in [0.05, 0.1) is 11.3 Å². The molecule has 0 amide bonds. The highest BCUT2D eigenvalue weighted by atomic mass is 35.5. The third-order valence-corrected chi connectivity index (χ3v) is 5.38. The molecule has 0 bridgehead atoms. The van der Waals surface area contributed by atoms with E-state index in [1.54, 1.807) is 23.8 Å². The monoisotopic (exact) mass is 360 g/mol. The van der Waals surface area contributed by atoms with Gasteiger partial charge in [-0.05, 0) is 30.7 Å². The van der Waals surface area contributed by atoms with Crippen LogP contribution in [-0.2, 0) is 6.54 Å². The number of anilines is 1. The lowest BCUT2D eigenvalue weighted by Gasteiger charge is -2.18. The molecule has 1 saturated heterocycles. The van der Waals surface area contributed by atoms with Crippen molar-refractivity contribution >= 4 is 28.8 Å². The lowest BCUT2D eigenvalue weighted by molar-refractivity contribution is 0.554. The van der Waals surface area contributed by atoms with E-state index < -0.39 is 0 Å². The summed E-state index contributed by atoms with van der Waals surface area (Å²) in [6.45, 7) is 2.70. The van der Waals surface area contributed by atoms with Crippen LogP contribution in [0.15, 0.2) is 47.3 Å². The first-order valence-corrected chi connectivity index (χ1v) is 9.06. The number of nitrogens with zero attached hydrogens (tertiary/aromatic N) is 3. The second-order valence-electron chi connectivity index (χ2n) is 5.73. The Morgan fingerprint density at radius 2 is 2.29 bits per heavy atom. The normalized spacial score (nSPS) is 17.5. The molecule has 0 radical (unpaired) electrons. The van der Waals surface area contributed by atoms with E-state index in [0.717, 1.165) is 42.6 Å². The molecule has 0 saturated carbocycles. The van der Waals surface area contributed by atoms with E-state index in [4.69, 9.17) is 16.0 Å². The Kier molecular flexibility index (Phi) is 4.51. The molecule has 3 aromatic rings. The zero-order valence-electron chi connectivity index (χ0n) is 13.0. The van der Waals surface area contributed by atoms with Crippen LogP contribution in [0.2, 0.25) is 5.02 Å². The Bertz CT molecular complexity index is 805. The van der Waals surface area contributed by atoms with Crippen molar-refractivity contribution in [3.63, 3.8) is 0 Å². The summed E-state index contributed by atoms with van der Waals surface area (Å²) in [6, 6.07) is 7.99. The number of aromatic nitrogens is 2. The number of hydrogen-bond donors (Lipinski definition) is 1. The van der Waals surface area contributed by atoms with Crippen molar-refractivity contribution in [1.82, 2.24) is 15.3 Å². The van der Waals surface area contributed by atoms with E-state index >= 15 is 0 Å². The van der Waals surface area contributed by atoms with Gasteiger partial charge in [0.25, 0.3) is 0 Å². The number of halogens is 1. The number of rotatable bonds is 5. The van der Waals surface area contributed by atoms with Crippen LogP contribution in [0.1, 0.15) is 11.3 Å². The van der Waals surface area contributed by atoms with Crippen LogP contribution in [0.5, 0.6) is 0 Å². The summed E-state index contributed by atoms with van der Waals surface area (Å²) in [5.41, 5.74) is 0. The number of nitrogens with one attached hydrogen (secondary N) is 1. The van der Waals surface area contributed by atoms with Gasteiger partial charge in [0.1, 0.15) is 5.82 Å². The molecule has 0 aromatic carbocycles. The Morgan fingerprint density at radius 1 is 1.33 bits per heavy atom. The van der Waals surface area contributed by atoms with Crippen LogP contribution in [-0.4, -0.2) is 29.1 Å². The molecule has 3 aromatic heterocycles. The fraction of sp³-hybridized carbons (Fsp3) is 0.294. The van der Waals surface area contributed by atoms with Crippen LogP contribution < -0.4 is 10.2 Å². The quantitative estimate of drug-likeness (QED) is 0.749. The molecule has 4 rings (SSSR count). The number of furan rings is 1. The molecular weight excluding hydrogens is 344 g/mol. The van der Waals surface area contributed by atoms with Crippen molar-refractivity contribution in [2.24, 2.45) is 0 Å². The van der Waals surface area contributed by atoms with Gasteiger partial charge < -0.3 is 14.6 Å². The van der Waals surface area contributed by atoms with Gasteiger partial charge in [-0.25, -0.2) is 9.97 Å². The van der Waals surface area contributed by atoms with E-state index in [1.807, 2.05) is 30.5 Å². The predicted octanol–water partition coefficient (Wildman–Crippen LogP) is 3.82. The molecule has 0 aliphatic carbocycles. The molecule has 0 spiro atoms. The number of thiazole rings is 1. The molecule has 4 heterocycles. The van der Waals surface area contributed by atoms with Crippen molar-refractivity contribution in [3.05, 3.63) is 52.8 Å². The van der Waals surface area contributed by atoms with Crippen LogP contribution >= 0.6 is 22.9 Å². The second kappa shape index (κ2) is 6.93. The molecule has 7 heteroatoms. The Balaban J connectivity index is 1.34. The molecule has 24 heavy (non-hydrogen) atoms. The highest BCUT2D eigenvalue weighted by Gasteiger charge is 2.24. The zero-order chi connectivity index (χ0) is 16.4. The summed E-state index contributed by atoms with van der Waals surface area (Å²) >= 11 is 7.90. The molecule has 124 valence electrons. The van der Waals surface area contributed by atoms with Gasteiger partial charge in [-0.15, -0.1) is 11.3 Å². The third kappa shape index (κ3) is 3.31. The first-order valence-electron chi connectivity index (χ1n) is 7.87. The van der Waals surface area contributed by atoms with Crippen molar-refractivity contribution in [3.8, 4) is 10.8 Å². The van der Waals surface area contributed by atoms with Gasteiger partial charge in [0, 0.05) is 42.9 Å². The predicted molar refractivity (Wildman–Crippen MR) is 96.5 cm³/mol. The molecular formula is C17H17ClN4OS. The van der Waals surface area contributed by atoms with Gasteiger partial charge in [-0.2, -0.15) is 0 Å². The van der Waals surface area contributed by atoms with Crippen molar-refractivity contribution in [1.29, 1.82) is 0 Å². The minimum Gasteiger partial charge on any atom is -0.462 e. The minimum absolute atomic E-state index is 0.428. The lowest BCUT2D eigenvalue weighted by atomic mass is 10.2. The zero-order valence-corrected chi connectivity index (χ0v) is 14.6. The maximum Gasteiger partial charge on any atom is 0.162 e. The summed E-state index contributed by atoms with van der Waals surface area (Å²) in [6.07, 6.45) is 6.45. The largest absolute Gasteiger partial charge is 0.462 e. The van der Waals surface area contributed by atoms with Crippen LogP contribution in [0, 0.1) is 0 Å². The van der Waals surface area contributed by atoms with Gasteiger partial charge in [0.15, 0.2) is 10.8 Å². The fourth-order valence-electron chi connectivity index (χ4n) is 2.88. The number of hydrogen-bond acceptors (Lipinski definition) is 6. The van der Waals surface area contributed by atoms with Gasteiger partial charge >= 0.3 is 0 Å². The van der Waals surface area contributed by atoms with Crippen molar-refractivity contribution in [2.45, 2.75) is 19.0 Å². The van der Waals surface area contributed by atoms with Crippen LogP contribution in [0.25, 0.3) is 10.8 Å². The maximum atomic E-state index is 6.24. The van der Waals surface area contributed by atoms with Gasteiger partial charge in [0.2, 0.25) is 0 Å². The highest BCUT2D eigenvalue weighted by molar-refractivity contribution is 7.14. The summed E-state index contributed by atoms with van der Waals surface area (Å²) in [5, 5.41) is 5.24. The van der Waals surface area contributed by atoms with E-state index in [0.29, 0.717) is 11.1 Å². The van der Waals surface area contributed by atoms with Gasteiger partial charge in [-0.3, -0.25) is 0 Å². The Hall–Kier alpha value is -1.89.